The predicted octanol–water partition coefficient (Wildman–Crippen LogP) is 4.86. The Hall–Kier alpha value is -2.37. The van der Waals surface area contributed by atoms with Gasteiger partial charge in [0.25, 0.3) is 0 Å². The van der Waals surface area contributed by atoms with Crippen molar-refractivity contribution in [2.75, 3.05) is 0 Å². The Morgan fingerprint density at radius 2 is 1.84 bits per heavy atom. The van der Waals surface area contributed by atoms with Crippen LogP contribution < -0.4 is 5.32 Å². The molecule has 0 aliphatic carbocycles. The van der Waals surface area contributed by atoms with Crippen LogP contribution in [0.1, 0.15) is 39.9 Å². The second-order valence-electron chi connectivity index (χ2n) is 5.45. The summed E-state index contributed by atoms with van der Waals surface area (Å²) in [6, 6.07) is 16.1. The van der Waals surface area contributed by atoms with Crippen LogP contribution in [0.2, 0.25) is 4.34 Å². The largest absolute Gasteiger partial charge is 0.467 e. The molecule has 6 heteroatoms. The lowest BCUT2D eigenvalue weighted by molar-refractivity contribution is -0.121. The van der Waals surface area contributed by atoms with Gasteiger partial charge in [-0.05, 0) is 29.8 Å². The summed E-state index contributed by atoms with van der Waals surface area (Å²) in [5.41, 5.74) is 0.919. The molecule has 0 spiro atoms. The second-order valence-corrected chi connectivity index (χ2v) is 7.17. The highest BCUT2D eigenvalue weighted by atomic mass is 35.5. The maximum atomic E-state index is 12.3. The molecule has 2 heterocycles. The number of ketones is 1. The molecular formula is C19H16ClNO3S. The summed E-state index contributed by atoms with van der Waals surface area (Å²) in [5.74, 6) is 0.360. The van der Waals surface area contributed by atoms with Crippen LogP contribution in [0.25, 0.3) is 0 Å². The highest BCUT2D eigenvalue weighted by Crippen LogP contribution is 2.24. The summed E-state index contributed by atoms with van der Waals surface area (Å²) in [4.78, 5) is 25.0. The van der Waals surface area contributed by atoms with Crippen molar-refractivity contribution < 1.29 is 14.0 Å². The van der Waals surface area contributed by atoms with Crippen LogP contribution in [0, 0.1) is 0 Å². The summed E-state index contributed by atoms with van der Waals surface area (Å²) in [6.07, 6.45) is 1.82. The first kappa shape index (κ1) is 17.5. The zero-order valence-electron chi connectivity index (χ0n) is 13.3. The fraction of sp³-hybridized carbons (Fsp3) is 0.158. The highest BCUT2D eigenvalue weighted by Gasteiger charge is 2.20. The Balaban J connectivity index is 1.64. The predicted molar refractivity (Wildman–Crippen MR) is 98.0 cm³/mol. The quantitative estimate of drug-likeness (QED) is 0.601. The van der Waals surface area contributed by atoms with Gasteiger partial charge in [-0.2, -0.15) is 0 Å². The van der Waals surface area contributed by atoms with E-state index in [0.29, 0.717) is 15.0 Å². The molecule has 0 aliphatic rings. The molecule has 0 radical (unpaired) electrons. The Morgan fingerprint density at radius 1 is 1.04 bits per heavy atom. The van der Waals surface area contributed by atoms with Crippen molar-refractivity contribution in [1.82, 2.24) is 5.32 Å². The molecule has 3 rings (SSSR count). The second kappa shape index (κ2) is 8.14. The monoisotopic (exact) mass is 373 g/mol. The molecule has 3 aromatic rings. The average Bonchev–Trinajstić information content (AvgIpc) is 3.30. The third-order valence-electron chi connectivity index (χ3n) is 3.69. The Labute approximate surface area is 154 Å². The third-order valence-corrected chi connectivity index (χ3v) is 4.97. The third kappa shape index (κ3) is 4.59. The number of thiophene rings is 1. The van der Waals surface area contributed by atoms with Gasteiger partial charge in [0.1, 0.15) is 11.8 Å². The topological polar surface area (TPSA) is 59.3 Å². The minimum Gasteiger partial charge on any atom is -0.467 e. The number of furan rings is 1. The number of benzene rings is 1. The van der Waals surface area contributed by atoms with E-state index in [2.05, 4.69) is 5.32 Å². The van der Waals surface area contributed by atoms with E-state index in [4.69, 9.17) is 16.0 Å². The van der Waals surface area contributed by atoms with Crippen LogP contribution in [0.5, 0.6) is 0 Å². The van der Waals surface area contributed by atoms with Crippen molar-refractivity contribution in [1.29, 1.82) is 0 Å². The molecule has 0 saturated carbocycles. The minimum absolute atomic E-state index is 0.0821. The van der Waals surface area contributed by atoms with Crippen molar-refractivity contribution in [3.8, 4) is 0 Å². The van der Waals surface area contributed by atoms with E-state index < -0.39 is 0 Å². The number of carbonyl (C=O) groups is 2. The van der Waals surface area contributed by atoms with Crippen LogP contribution in [-0.2, 0) is 4.79 Å². The van der Waals surface area contributed by atoms with Gasteiger partial charge in [-0.25, -0.2) is 0 Å². The molecule has 0 bridgehead atoms. The number of halogens is 1. The van der Waals surface area contributed by atoms with E-state index in [1.807, 2.05) is 36.4 Å². The molecule has 1 N–H and O–H groups in total. The van der Waals surface area contributed by atoms with Crippen molar-refractivity contribution >= 4 is 34.6 Å². The maximum Gasteiger partial charge on any atom is 0.221 e. The van der Waals surface area contributed by atoms with Crippen molar-refractivity contribution in [3.63, 3.8) is 0 Å². The molecule has 0 aliphatic heterocycles. The summed E-state index contributed by atoms with van der Waals surface area (Å²) in [6.45, 7) is 0. The molecule has 0 fully saturated rings. The molecule has 2 aromatic heterocycles. The van der Waals surface area contributed by atoms with E-state index in [1.54, 1.807) is 24.5 Å². The molecule has 25 heavy (non-hydrogen) atoms. The summed E-state index contributed by atoms with van der Waals surface area (Å²) < 4.78 is 6.02. The fourth-order valence-corrected chi connectivity index (χ4v) is 3.48. The van der Waals surface area contributed by atoms with Crippen molar-refractivity contribution in [2.24, 2.45) is 0 Å². The SMILES string of the molecule is O=C(CCC(=O)c1ccc(Cl)s1)NC(c1ccccc1)c1ccco1. The van der Waals surface area contributed by atoms with Crippen LogP contribution in [0.4, 0.5) is 0 Å². The van der Waals surface area contributed by atoms with E-state index in [-0.39, 0.29) is 30.6 Å². The maximum absolute atomic E-state index is 12.3. The lowest BCUT2D eigenvalue weighted by atomic mass is 10.0. The van der Waals surface area contributed by atoms with Gasteiger partial charge in [-0.15, -0.1) is 11.3 Å². The first-order valence-electron chi connectivity index (χ1n) is 7.80. The summed E-state index contributed by atoms with van der Waals surface area (Å²) >= 11 is 7.06. The number of nitrogens with one attached hydrogen (secondary N) is 1. The van der Waals surface area contributed by atoms with E-state index in [0.717, 1.165) is 5.56 Å². The van der Waals surface area contributed by atoms with Crippen LogP contribution in [-0.4, -0.2) is 11.7 Å². The molecule has 1 amide bonds. The number of amides is 1. The molecule has 1 atom stereocenters. The van der Waals surface area contributed by atoms with Crippen LogP contribution >= 0.6 is 22.9 Å². The van der Waals surface area contributed by atoms with Gasteiger partial charge in [0.05, 0.1) is 15.5 Å². The Morgan fingerprint density at radius 3 is 2.48 bits per heavy atom. The van der Waals surface area contributed by atoms with Gasteiger partial charge in [0.15, 0.2) is 5.78 Å². The zero-order chi connectivity index (χ0) is 17.6. The molecule has 1 aromatic carbocycles. The minimum atomic E-state index is -0.380. The molecule has 128 valence electrons. The summed E-state index contributed by atoms with van der Waals surface area (Å²) in [5, 5.41) is 2.94. The van der Waals surface area contributed by atoms with Gasteiger partial charge in [-0.1, -0.05) is 41.9 Å². The highest BCUT2D eigenvalue weighted by molar-refractivity contribution is 7.18. The molecular weight excluding hydrogens is 358 g/mol. The Kier molecular flexibility index (Phi) is 5.68. The molecule has 4 nitrogen and oxygen atoms in total. The molecule has 1 unspecified atom stereocenters. The molecule has 0 saturated heterocycles. The Bertz CT molecular complexity index is 843. The van der Waals surface area contributed by atoms with Gasteiger partial charge in [0.2, 0.25) is 5.91 Å². The lowest BCUT2D eigenvalue weighted by Crippen LogP contribution is -2.29. The normalized spacial score (nSPS) is 11.9. The van der Waals surface area contributed by atoms with Gasteiger partial charge < -0.3 is 9.73 Å². The standard InChI is InChI=1S/C19H16ClNO3S/c20-17-10-9-16(25-17)14(22)8-11-18(23)21-19(15-7-4-12-24-15)13-5-2-1-3-6-13/h1-7,9-10,12,19H,8,11H2,(H,21,23). The van der Waals surface area contributed by atoms with E-state index >= 15 is 0 Å². The van der Waals surface area contributed by atoms with Gasteiger partial charge >= 0.3 is 0 Å². The number of carbonyl (C=O) groups excluding carboxylic acids is 2. The van der Waals surface area contributed by atoms with E-state index in [1.165, 1.54) is 11.3 Å². The average molecular weight is 374 g/mol. The van der Waals surface area contributed by atoms with Crippen LogP contribution in [0.3, 0.4) is 0 Å². The zero-order valence-corrected chi connectivity index (χ0v) is 14.8. The number of Topliss-reactive ketones (excluding diaryl/α,β-unsaturated/α-hetero) is 1. The van der Waals surface area contributed by atoms with Crippen molar-refractivity contribution in [3.05, 3.63) is 81.4 Å². The van der Waals surface area contributed by atoms with Gasteiger partial charge in [0, 0.05) is 12.8 Å². The van der Waals surface area contributed by atoms with Crippen molar-refractivity contribution in [2.45, 2.75) is 18.9 Å². The summed E-state index contributed by atoms with van der Waals surface area (Å²) in [7, 11) is 0. The number of hydrogen-bond donors (Lipinski definition) is 1. The van der Waals surface area contributed by atoms with E-state index in [9.17, 15) is 9.59 Å². The number of rotatable bonds is 7. The first-order valence-corrected chi connectivity index (χ1v) is 8.99. The smallest absolute Gasteiger partial charge is 0.221 e. The lowest BCUT2D eigenvalue weighted by Gasteiger charge is -2.17. The fourth-order valence-electron chi connectivity index (χ4n) is 2.47. The first-order chi connectivity index (χ1) is 12.1. The van der Waals surface area contributed by atoms with Gasteiger partial charge in [-0.3, -0.25) is 9.59 Å². The number of hydrogen-bond acceptors (Lipinski definition) is 4. The van der Waals surface area contributed by atoms with Crippen LogP contribution in [0.15, 0.2) is 65.3 Å².